The third-order valence-electron chi connectivity index (χ3n) is 6.33. The molecular weight excluding hydrogens is 358 g/mol. The molecule has 4 atom stereocenters. The van der Waals surface area contributed by atoms with E-state index < -0.39 is 15.3 Å². The van der Waals surface area contributed by atoms with Crippen LogP contribution in [0.3, 0.4) is 0 Å². The minimum atomic E-state index is -3.81. The Morgan fingerprint density at radius 3 is 2.48 bits per heavy atom. The summed E-state index contributed by atoms with van der Waals surface area (Å²) in [5.74, 6) is 0.400. The number of aromatic nitrogens is 1. The first-order valence-electron chi connectivity index (χ1n) is 9.75. The van der Waals surface area contributed by atoms with Gasteiger partial charge in [-0.1, -0.05) is 50.1 Å². The summed E-state index contributed by atoms with van der Waals surface area (Å²) in [4.78, 5) is 4.59. The molecule has 0 spiro atoms. The number of rotatable bonds is 4. The van der Waals surface area contributed by atoms with E-state index in [-0.39, 0.29) is 17.9 Å². The Hall–Kier alpha value is -1.92. The quantitative estimate of drug-likeness (QED) is 0.838. The second kappa shape index (κ2) is 7.24. The number of anilines is 1. The summed E-state index contributed by atoms with van der Waals surface area (Å²) >= 11 is 0. The number of nitrogens with zero attached hydrogens (tertiary/aromatic N) is 1. The van der Waals surface area contributed by atoms with Crippen LogP contribution in [-0.2, 0) is 10.0 Å². The molecule has 5 nitrogen and oxygen atoms in total. The Morgan fingerprint density at radius 1 is 1.11 bits per heavy atom. The average molecular weight is 386 g/mol. The molecule has 0 bridgehead atoms. The minimum Gasteiger partial charge on any atom is -0.380 e. The molecule has 0 radical (unpaired) electrons. The van der Waals surface area contributed by atoms with Gasteiger partial charge in [-0.2, -0.15) is 0 Å². The first-order chi connectivity index (χ1) is 13.0. The summed E-state index contributed by atoms with van der Waals surface area (Å²) in [5, 5.41) is 8.67. The van der Waals surface area contributed by atoms with E-state index >= 15 is 0 Å². The van der Waals surface area contributed by atoms with Crippen LogP contribution in [0.4, 0.5) is 5.69 Å². The molecular formula is C21H27N3O2S. The van der Waals surface area contributed by atoms with Crippen molar-refractivity contribution in [2.24, 2.45) is 17.0 Å². The highest BCUT2D eigenvalue weighted by atomic mass is 32.2. The number of sulfonamides is 1. The van der Waals surface area contributed by atoms with E-state index in [1.807, 2.05) is 42.5 Å². The Bertz CT molecular complexity index is 895. The highest BCUT2D eigenvalue weighted by Gasteiger charge is 2.46. The lowest BCUT2D eigenvalue weighted by Crippen LogP contribution is -2.45. The Labute approximate surface area is 161 Å². The molecule has 1 saturated carbocycles. The van der Waals surface area contributed by atoms with Crippen molar-refractivity contribution in [3.05, 3.63) is 59.9 Å². The number of benzene rings is 1. The number of nitrogens with two attached hydrogens (primary N) is 1. The van der Waals surface area contributed by atoms with Crippen molar-refractivity contribution >= 4 is 15.7 Å². The molecule has 1 fully saturated rings. The van der Waals surface area contributed by atoms with Crippen molar-refractivity contribution in [1.29, 1.82) is 0 Å². The van der Waals surface area contributed by atoms with E-state index in [0.717, 1.165) is 16.9 Å². The van der Waals surface area contributed by atoms with Crippen LogP contribution in [0.1, 0.15) is 55.0 Å². The molecule has 27 heavy (non-hydrogen) atoms. The van der Waals surface area contributed by atoms with Crippen LogP contribution in [0.5, 0.6) is 0 Å². The maximum atomic E-state index is 12.7. The summed E-state index contributed by atoms with van der Waals surface area (Å²) < 4.78 is 25.5. The van der Waals surface area contributed by atoms with Gasteiger partial charge in [-0.25, -0.2) is 13.6 Å². The SMILES string of the molecule is C[C@@H]1[C@H](C2CCCC2)Nc2cccnc2[C@H]1C(c1ccccc1)S(N)(=O)=O. The summed E-state index contributed by atoms with van der Waals surface area (Å²) in [6.07, 6.45) is 6.61. The van der Waals surface area contributed by atoms with Crippen molar-refractivity contribution in [3.63, 3.8) is 0 Å². The normalized spacial score (nSPS) is 27.0. The van der Waals surface area contributed by atoms with Crippen molar-refractivity contribution in [2.45, 2.75) is 49.8 Å². The summed E-state index contributed by atoms with van der Waals surface area (Å²) in [5.41, 5.74) is 2.49. The Kier molecular flexibility index (Phi) is 4.95. The fourth-order valence-corrected chi connectivity index (χ4v) is 6.44. The van der Waals surface area contributed by atoms with Crippen LogP contribution < -0.4 is 10.5 Å². The van der Waals surface area contributed by atoms with Gasteiger partial charge in [0.05, 0.1) is 11.4 Å². The van der Waals surface area contributed by atoms with Crippen LogP contribution in [0.2, 0.25) is 0 Å². The van der Waals surface area contributed by atoms with Gasteiger partial charge in [0, 0.05) is 18.2 Å². The van der Waals surface area contributed by atoms with E-state index in [2.05, 4.69) is 17.2 Å². The number of primary sulfonamides is 1. The van der Waals surface area contributed by atoms with Crippen molar-refractivity contribution in [3.8, 4) is 0 Å². The van der Waals surface area contributed by atoms with Gasteiger partial charge in [0.25, 0.3) is 0 Å². The van der Waals surface area contributed by atoms with Gasteiger partial charge in [0.2, 0.25) is 10.0 Å². The molecule has 0 amide bonds. The van der Waals surface area contributed by atoms with Crippen LogP contribution in [-0.4, -0.2) is 19.4 Å². The van der Waals surface area contributed by atoms with E-state index in [1.54, 1.807) is 6.20 Å². The molecule has 4 rings (SSSR count). The van der Waals surface area contributed by atoms with Crippen molar-refractivity contribution in [2.75, 3.05) is 5.32 Å². The fraction of sp³-hybridized carbons (Fsp3) is 0.476. The Balaban J connectivity index is 1.84. The molecule has 144 valence electrons. The van der Waals surface area contributed by atoms with E-state index in [0.29, 0.717) is 5.92 Å². The number of hydrogen-bond donors (Lipinski definition) is 2. The summed E-state index contributed by atoms with van der Waals surface area (Å²) in [6, 6.07) is 13.5. The maximum absolute atomic E-state index is 12.7. The number of hydrogen-bond acceptors (Lipinski definition) is 4. The van der Waals surface area contributed by atoms with Crippen LogP contribution >= 0.6 is 0 Å². The lowest BCUT2D eigenvalue weighted by Gasteiger charge is -2.43. The van der Waals surface area contributed by atoms with Gasteiger partial charge in [0.15, 0.2) is 0 Å². The van der Waals surface area contributed by atoms with E-state index in [4.69, 9.17) is 5.14 Å². The van der Waals surface area contributed by atoms with Crippen molar-refractivity contribution < 1.29 is 8.42 Å². The zero-order valence-electron chi connectivity index (χ0n) is 15.6. The topological polar surface area (TPSA) is 85.1 Å². The second-order valence-electron chi connectivity index (χ2n) is 7.96. The van der Waals surface area contributed by atoms with E-state index in [1.165, 1.54) is 25.7 Å². The van der Waals surface area contributed by atoms with Crippen LogP contribution in [0, 0.1) is 11.8 Å². The highest BCUT2D eigenvalue weighted by Crippen LogP contribution is 2.50. The lowest BCUT2D eigenvalue weighted by molar-refractivity contribution is 0.287. The lowest BCUT2D eigenvalue weighted by atomic mass is 9.73. The third-order valence-corrected chi connectivity index (χ3v) is 7.60. The van der Waals surface area contributed by atoms with Gasteiger partial charge >= 0.3 is 0 Å². The highest BCUT2D eigenvalue weighted by molar-refractivity contribution is 7.89. The van der Waals surface area contributed by atoms with Crippen LogP contribution in [0.15, 0.2) is 48.7 Å². The van der Waals surface area contributed by atoms with Gasteiger partial charge < -0.3 is 5.32 Å². The van der Waals surface area contributed by atoms with Crippen LogP contribution in [0.25, 0.3) is 0 Å². The maximum Gasteiger partial charge on any atom is 0.216 e. The third kappa shape index (κ3) is 3.48. The molecule has 6 heteroatoms. The monoisotopic (exact) mass is 385 g/mol. The predicted molar refractivity (Wildman–Crippen MR) is 108 cm³/mol. The molecule has 1 aromatic heterocycles. The first kappa shape index (κ1) is 18.4. The van der Waals surface area contributed by atoms with Gasteiger partial charge in [-0.15, -0.1) is 0 Å². The molecule has 3 N–H and O–H groups in total. The molecule has 1 unspecified atom stereocenters. The number of fused-ring (bicyclic) bond motifs is 1. The second-order valence-corrected chi connectivity index (χ2v) is 9.64. The standard InChI is InChI=1S/C21H27N3O2S/c1-14-18(21(27(22,25)26)16-10-3-2-4-11-16)20-17(12-7-13-23-20)24-19(14)15-8-5-6-9-15/h2-4,7,10-15,18-19,21,24H,5-6,8-9H2,1H3,(H2,22,25,26)/t14-,18-,19+,21?/m0/s1. The van der Waals surface area contributed by atoms with Crippen molar-refractivity contribution in [1.82, 2.24) is 4.98 Å². The summed E-state index contributed by atoms with van der Waals surface area (Å²) in [7, 11) is -3.81. The first-order valence-corrected chi connectivity index (χ1v) is 11.4. The summed E-state index contributed by atoms with van der Waals surface area (Å²) in [6.45, 7) is 2.15. The zero-order valence-corrected chi connectivity index (χ0v) is 16.4. The molecule has 0 saturated heterocycles. The number of nitrogens with one attached hydrogen (secondary N) is 1. The molecule has 1 aliphatic carbocycles. The average Bonchev–Trinajstić information content (AvgIpc) is 3.18. The molecule has 2 aromatic rings. The Morgan fingerprint density at radius 2 is 1.81 bits per heavy atom. The van der Waals surface area contributed by atoms with Gasteiger partial charge in [-0.3, -0.25) is 4.98 Å². The fourth-order valence-electron chi connectivity index (χ4n) is 5.12. The smallest absolute Gasteiger partial charge is 0.216 e. The largest absolute Gasteiger partial charge is 0.380 e. The number of pyridine rings is 1. The van der Waals surface area contributed by atoms with E-state index in [9.17, 15) is 8.42 Å². The molecule has 2 aliphatic rings. The predicted octanol–water partition coefficient (Wildman–Crippen LogP) is 3.82. The molecule has 1 aromatic carbocycles. The molecule has 1 aliphatic heterocycles. The van der Waals surface area contributed by atoms with Gasteiger partial charge in [0.1, 0.15) is 5.25 Å². The minimum absolute atomic E-state index is 0.110. The molecule has 2 heterocycles. The van der Waals surface area contributed by atoms with Gasteiger partial charge in [-0.05, 0) is 42.4 Å². The zero-order chi connectivity index (χ0) is 19.0.